The highest BCUT2D eigenvalue weighted by Gasteiger charge is 2.06. The number of nitrogens with zero attached hydrogens (tertiary/aromatic N) is 2. The van der Waals surface area contributed by atoms with Gasteiger partial charge in [-0.25, -0.2) is 9.97 Å². The SMILES string of the molecule is O=C(NCCc1cccc(Cl)c1)c1cnc(Cl)cn1. The van der Waals surface area contributed by atoms with Gasteiger partial charge < -0.3 is 5.32 Å². The molecule has 0 fully saturated rings. The van der Waals surface area contributed by atoms with Gasteiger partial charge >= 0.3 is 0 Å². The van der Waals surface area contributed by atoms with E-state index in [4.69, 9.17) is 23.2 Å². The van der Waals surface area contributed by atoms with Crippen molar-refractivity contribution in [1.29, 1.82) is 0 Å². The number of rotatable bonds is 4. The lowest BCUT2D eigenvalue weighted by Crippen LogP contribution is -2.26. The first-order chi connectivity index (χ1) is 9.15. The Hall–Kier alpha value is -1.65. The van der Waals surface area contributed by atoms with Gasteiger partial charge in [0.15, 0.2) is 0 Å². The van der Waals surface area contributed by atoms with Crippen LogP contribution in [-0.2, 0) is 6.42 Å². The normalized spacial score (nSPS) is 10.2. The Labute approximate surface area is 120 Å². The summed E-state index contributed by atoms with van der Waals surface area (Å²) in [6, 6.07) is 7.52. The molecule has 1 aromatic carbocycles. The molecule has 0 atom stereocenters. The molecule has 0 unspecified atom stereocenters. The van der Waals surface area contributed by atoms with Crippen molar-refractivity contribution in [3.63, 3.8) is 0 Å². The van der Waals surface area contributed by atoms with Gasteiger partial charge in [0.2, 0.25) is 0 Å². The Kier molecular flexibility index (Phi) is 4.71. The van der Waals surface area contributed by atoms with Crippen LogP contribution in [0.15, 0.2) is 36.7 Å². The topological polar surface area (TPSA) is 54.9 Å². The fourth-order valence-corrected chi connectivity index (χ4v) is 1.84. The molecule has 98 valence electrons. The third-order valence-electron chi connectivity index (χ3n) is 2.44. The van der Waals surface area contributed by atoms with Crippen molar-refractivity contribution in [3.05, 3.63) is 58.1 Å². The van der Waals surface area contributed by atoms with Crippen LogP contribution >= 0.6 is 23.2 Å². The number of aromatic nitrogens is 2. The van der Waals surface area contributed by atoms with Gasteiger partial charge in [-0.3, -0.25) is 4.79 Å². The monoisotopic (exact) mass is 295 g/mol. The summed E-state index contributed by atoms with van der Waals surface area (Å²) in [5.41, 5.74) is 1.31. The van der Waals surface area contributed by atoms with Crippen LogP contribution in [0.5, 0.6) is 0 Å². The van der Waals surface area contributed by atoms with E-state index in [-0.39, 0.29) is 16.8 Å². The van der Waals surface area contributed by atoms with Gasteiger partial charge in [-0.1, -0.05) is 35.3 Å². The number of carbonyl (C=O) groups is 1. The summed E-state index contributed by atoms with van der Waals surface area (Å²) in [5, 5.41) is 3.71. The summed E-state index contributed by atoms with van der Waals surface area (Å²) in [4.78, 5) is 19.4. The highest BCUT2D eigenvalue weighted by atomic mass is 35.5. The third-order valence-corrected chi connectivity index (χ3v) is 2.87. The molecule has 2 rings (SSSR count). The van der Waals surface area contributed by atoms with E-state index in [1.54, 1.807) is 0 Å². The van der Waals surface area contributed by atoms with Crippen LogP contribution in [0.25, 0.3) is 0 Å². The molecule has 0 bridgehead atoms. The van der Waals surface area contributed by atoms with Crippen molar-refractivity contribution in [2.24, 2.45) is 0 Å². The molecule has 0 aliphatic rings. The molecule has 19 heavy (non-hydrogen) atoms. The molecule has 1 aromatic heterocycles. The average Bonchev–Trinajstić information content (AvgIpc) is 2.39. The Morgan fingerprint density at radius 1 is 1.21 bits per heavy atom. The number of nitrogens with one attached hydrogen (secondary N) is 1. The third kappa shape index (κ3) is 4.19. The van der Waals surface area contributed by atoms with E-state index in [1.165, 1.54) is 12.4 Å². The number of hydrogen-bond acceptors (Lipinski definition) is 3. The molecule has 0 spiro atoms. The molecule has 0 aliphatic heterocycles. The van der Waals surface area contributed by atoms with E-state index in [9.17, 15) is 4.79 Å². The Morgan fingerprint density at radius 2 is 2.05 bits per heavy atom. The van der Waals surface area contributed by atoms with Crippen molar-refractivity contribution in [3.8, 4) is 0 Å². The first-order valence-corrected chi connectivity index (χ1v) is 6.41. The zero-order chi connectivity index (χ0) is 13.7. The molecular formula is C13H11Cl2N3O. The van der Waals surface area contributed by atoms with E-state index < -0.39 is 0 Å². The molecule has 4 nitrogen and oxygen atoms in total. The lowest BCUT2D eigenvalue weighted by Gasteiger charge is -2.05. The van der Waals surface area contributed by atoms with E-state index >= 15 is 0 Å². The maximum atomic E-state index is 11.7. The zero-order valence-corrected chi connectivity index (χ0v) is 11.4. The fourth-order valence-electron chi connectivity index (χ4n) is 1.53. The molecule has 0 radical (unpaired) electrons. The van der Waals surface area contributed by atoms with Crippen LogP contribution < -0.4 is 5.32 Å². The maximum Gasteiger partial charge on any atom is 0.271 e. The average molecular weight is 296 g/mol. The number of hydrogen-bond donors (Lipinski definition) is 1. The number of benzene rings is 1. The smallest absolute Gasteiger partial charge is 0.271 e. The highest BCUT2D eigenvalue weighted by molar-refractivity contribution is 6.30. The van der Waals surface area contributed by atoms with Gasteiger partial charge in [-0.05, 0) is 24.1 Å². The van der Waals surface area contributed by atoms with Crippen LogP contribution in [0.4, 0.5) is 0 Å². The number of amides is 1. The van der Waals surface area contributed by atoms with Crippen molar-refractivity contribution in [2.45, 2.75) is 6.42 Å². The van der Waals surface area contributed by atoms with Crippen molar-refractivity contribution in [2.75, 3.05) is 6.54 Å². The lowest BCUT2D eigenvalue weighted by atomic mass is 10.1. The second-order valence-electron chi connectivity index (χ2n) is 3.86. The quantitative estimate of drug-likeness (QED) is 0.944. The van der Waals surface area contributed by atoms with Gasteiger partial charge in [-0.2, -0.15) is 0 Å². The molecule has 6 heteroatoms. The summed E-state index contributed by atoms with van der Waals surface area (Å²) < 4.78 is 0. The zero-order valence-electron chi connectivity index (χ0n) is 9.94. The number of carbonyl (C=O) groups excluding carboxylic acids is 1. The fraction of sp³-hybridized carbons (Fsp3) is 0.154. The van der Waals surface area contributed by atoms with Gasteiger partial charge in [0.25, 0.3) is 5.91 Å². The van der Waals surface area contributed by atoms with Gasteiger partial charge in [-0.15, -0.1) is 0 Å². The van der Waals surface area contributed by atoms with Gasteiger partial charge in [0, 0.05) is 11.6 Å². The molecule has 1 amide bonds. The van der Waals surface area contributed by atoms with Crippen LogP contribution in [0.3, 0.4) is 0 Å². The summed E-state index contributed by atoms with van der Waals surface area (Å²) >= 11 is 11.5. The Morgan fingerprint density at radius 3 is 2.74 bits per heavy atom. The Balaban J connectivity index is 1.86. The van der Waals surface area contributed by atoms with E-state index in [1.807, 2.05) is 24.3 Å². The first-order valence-electron chi connectivity index (χ1n) is 5.65. The van der Waals surface area contributed by atoms with Crippen LogP contribution in [0.1, 0.15) is 16.1 Å². The molecule has 0 saturated carbocycles. The van der Waals surface area contributed by atoms with Crippen LogP contribution in [0, 0.1) is 0 Å². The minimum absolute atomic E-state index is 0.246. The minimum atomic E-state index is -0.272. The Bertz CT molecular complexity index is 572. The predicted octanol–water partition coefficient (Wildman–Crippen LogP) is 2.76. The minimum Gasteiger partial charge on any atom is -0.350 e. The molecule has 0 saturated heterocycles. The summed E-state index contributed by atoms with van der Waals surface area (Å²) in [6.45, 7) is 0.503. The van der Waals surface area contributed by atoms with Crippen molar-refractivity contribution >= 4 is 29.1 Å². The second kappa shape index (κ2) is 6.50. The van der Waals surface area contributed by atoms with Crippen molar-refractivity contribution in [1.82, 2.24) is 15.3 Å². The van der Waals surface area contributed by atoms with Gasteiger partial charge in [0.1, 0.15) is 10.8 Å². The molecule has 2 aromatic rings. The summed E-state index contributed by atoms with van der Waals surface area (Å²) in [7, 11) is 0. The first kappa shape index (κ1) is 13.8. The second-order valence-corrected chi connectivity index (χ2v) is 4.68. The summed E-state index contributed by atoms with van der Waals surface area (Å²) in [5.74, 6) is -0.272. The van der Waals surface area contributed by atoms with Crippen LogP contribution in [-0.4, -0.2) is 22.4 Å². The van der Waals surface area contributed by atoms with Crippen molar-refractivity contribution < 1.29 is 4.79 Å². The van der Waals surface area contributed by atoms with E-state index in [0.717, 1.165) is 5.56 Å². The van der Waals surface area contributed by atoms with E-state index in [2.05, 4.69) is 15.3 Å². The molecule has 1 heterocycles. The molecule has 0 aliphatic carbocycles. The van der Waals surface area contributed by atoms with Gasteiger partial charge in [0.05, 0.1) is 12.4 Å². The van der Waals surface area contributed by atoms with E-state index in [0.29, 0.717) is 18.0 Å². The lowest BCUT2D eigenvalue weighted by molar-refractivity contribution is 0.0949. The molecule has 1 N–H and O–H groups in total. The maximum absolute atomic E-state index is 11.7. The standard InChI is InChI=1S/C13H11Cl2N3O/c14-10-3-1-2-9(6-10)4-5-16-13(19)11-7-18-12(15)8-17-11/h1-3,6-8H,4-5H2,(H,16,19). The predicted molar refractivity (Wildman–Crippen MR) is 74.5 cm³/mol. The largest absolute Gasteiger partial charge is 0.350 e. The molecular weight excluding hydrogens is 285 g/mol. The summed E-state index contributed by atoms with van der Waals surface area (Å²) in [6.07, 6.45) is 3.39. The highest BCUT2D eigenvalue weighted by Crippen LogP contribution is 2.10. The van der Waals surface area contributed by atoms with Crippen LogP contribution in [0.2, 0.25) is 10.2 Å². The number of halogens is 2.